The first-order valence-corrected chi connectivity index (χ1v) is 6.98. The Labute approximate surface area is 104 Å². The van der Waals surface area contributed by atoms with Gasteiger partial charge in [0.25, 0.3) is 0 Å². The van der Waals surface area contributed by atoms with Crippen molar-refractivity contribution in [3.63, 3.8) is 0 Å². The lowest BCUT2D eigenvalue weighted by Crippen LogP contribution is -2.42. The third-order valence-electron chi connectivity index (χ3n) is 2.87. The van der Waals surface area contributed by atoms with E-state index in [0.717, 1.165) is 16.4 Å². The number of hydrogen-bond donors (Lipinski definition) is 1. The van der Waals surface area contributed by atoms with Gasteiger partial charge in [0.2, 0.25) is 10.0 Å². The Morgan fingerprint density at radius 3 is 2.72 bits per heavy atom. The molecule has 100 valence electrons. The van der Waals surface area contributed by atoms with E-state index in [1.165, 1.54) is 0 Å². The predicted octanol–water partition coefficient (Wildman–Crippen LogP) is 1.11. The minimum atomic E-state index is -4.09. The predicted molar refractivity (Wildman–Crippen MR) is 60.4 cm³/mol. The number of aliphatic hydroxyl groups is 1. The van der Waals surface area contributed by atoms with Gasteiger partial charge in [0.15, 0.2) is 0 Å². The second-order valence-electron chi connectivity index (χ2n) is 4.23. The molecule has 0 saturated carbocycles. The molecule has 0 aliphatic carbocycles. The van der Waals surface area contributed by atoms with Gasteiger partial charge in [-0.15, -0.1) is 0 Å². The van der Waals surface area contributed by atoms with Crippen LogP contribution in [0.15, 0.2) is 23.1 Å². The molecule has 1 aliphatic heterocycles. The monoisotopic (exact) mass is 277 g/mol. The van der Waals surface area contributed by atoms with Crippen LogP contribution in [0.2, 0.25) is 0 Å². The molecule has 1 saturated heterocycles. The Balaban J connectivity index is 2.38. The highest BCUT2D eigenvalue weighted by Gasteiger charge is 2.31. The summed E-state index contributed by atoms with van der Waals surface area (Å²) in [7, 11) is -4.09. The molecule has 2 rings (SSSR count). The molecule has 0 aromatic heterocycles. The molecule has 7 heteroatoms. The smallest absolute Gasteiger partial charge is 0.246 e. The number of β-amino-alcohol motifs (C(OH)–C–C–N with tert-alkyl or cyclic N) is 1. The zero-order chi connectivity index (χ0) is 13.3. The van der Waals surface area contributed by atoms with Gasteiger partial charge in [-0.05, 0) is 31.0 Å². The molecule has 1 aromatic carbocycles. The summed E-state index contributed by atoms with van der Waals surface area (Å²) < 4.78 is 51.7. The van der Waals surface area contributed by atoms with E-state index in [1.54, 1.807) is 0 Å². The lowest BCUT2D eigenvalue weighted by Gasteiger charge is -2.29. The van der Waals surface area contributed by atoms with Gasteiger partial charge in [-0.1, -0.05) is 0 Å². The van der Waals surface area contributed by atoms with Crippen LogP contribution in [0, 0.1) is 11.6 Å². The molecule has 0 spiro atoms. The zero-order valence-corrected chi connectivity index (χ0v) is 10.3. The Morgan fingerprint density at radius 2 is 2.06 bits per heavy atom. The van der Waals surface area contributed by atoms with Crippen molar-refractivity contribution in [3.8, 4) is 0 Å². The molecule has 0 radical (unpaired) electrons. The van der Waals surface area contributed by atoms with Gasteiger partial charge < -0.3 is 5.11 Å². The molecule has 1 aliphatic rings. The zero-order valence-electron chi connectivity index (χ0n) is 9.51. The molecule has 4 nitrogen and oxygen atoms in total. The highest BCUT2D eigenvalue weighted by Crippen LogP contribution is 2.23. The molecule has 0 amide bonds. The fraction of sp³-hybridized carbons (Fsp3) is 0.455. The van der Waals surface area contributed by atoms with E-state index in [0.29, 0.717) is 18.9 Å². The van der Waals surface area contributed by atoms with Crippen LogP contribution in [0.1, 0.15) is 12.8 Å². The molecule has 1 fully saturated rings. The lowest BCUT2D eigenvalue weighted by atomic mass is 10.1. The number of piperidine rings is 1. The SMILES string of the molecule is O=S(=O)(c1cc(F)ccc1F)N1CCCC(O)C1. The maximum absolute atomic E-state index is 13.5. The van der Waals surface area contributed by atoms with Crippen molar-refractivity contribution in [2.45, 2.75) is 23.8 Å². The van der Waals surface area contributed by atoms with Gasteiger partial charge in [-0.2, -0.15) is 4.31 Å². The first-order valence-electron chi connectivity index (χ1n) is 5.54. The van der Waals surface area contributed by atoms with E-state index in [-0.39, 0.29) is 13.1 Å². The number of halogens is 2. The van der Waals surface area contributed by atoms with Crippen molar-refractivity contribution in [2.24, 2.45) is 0 Å². The first kappa shape index (κ1) is 13.4. The molecule has 0 bridgehead atoms. The summed E-state index contributed by atoms with van der Waals surface area (Å²) in [6.07, 6.45) is 0.250. The number of aliphatic hydroxyl groups excluding tert-OH is 1. The number of hydrogen-bond acceptors (Lipinski definition) is 3. The molecule has 1 atom stereocenters. The first-order chi connectivity index (χ1) is 8.41. The van der Waals surface area contributed by atoms with Crippen LogP contribution in [-0.4, -0.2) is 37.0 Å². The summed E-state index contributed by atoms with van der Waals surface area (Å²) in [6.45, 7) is 0.119. The molecule has 1 unspecified atom stereocenters. The quantitative estimate of drug-likeness (QED) is 0.881. The summed E-state index contributed by atoms with van der Waals surface area (Å²) >= 11 is 0. The van der Waals surface area contributed by atoms with Gasteiger partial charge in [0.05, 0.1) is 6.10 Å². The topological polar surface area (TPSA) is 57.6 Å². The van der Waals surface area contributed by atoms with E-state index in [4.69, 9.17) is 0 Å². The molecular formula is C11H13F2NO3S. The third-order valence-corrected chi connectivity index (χ3v) is 4.75. The minimum Gasteiger partial charge on any atom is -0.392 e. The van der Waals surface area contributed by atoms with Crippen LogP contribution < -0.4 is 0 Å². The van der Waals surface area contributed by atoms with Gasteiger partial charge in [-0.25, -0.2) is 17.2 Å². The summed E-state index contributed by atoms with van der Waals surface area (Å²) in [6, 6.07) is 2.30. The van der Waals surface area contributed by atoms with Crippen molar-refractivity contribution in [2.75, 3.05) is 13.1 Å². The average Bonchev–Trinajstić information content (AvgIpc) is 2.32. The summed E-state index contributed by atoms with van der Waals surface area (Å²) in [5, 5.41) is 9.44. The highest BCUT2D eigenvalue weighted by atomic mass is 32.2. The van der Waals surface area contributed by atoms with Crippen molar-refractivity contribution in [1.29, 1.82) is 0 Å². The Kier molecular flexibility index (Phi) is 3.65. The molecule has 18 heavy (non-hydrogen) atoms. The van der Waals surface area contributed by atoms with Gasteiger partial charge in [-0.3, -0.25) is 0 Å². The van der Waals surface area contributed by atoms with Crippen LogP contribution in [-0.2, 0) is 10.0 Å². The van der Waals surface area contributed by atoms with Crippen LogP contribution >= 0.6 is 0 Å². The van der Waals surface area contributed by atoms with E-state index in [2.05, 4.69) is 0 Å². The van der Waals surface area contributed by atoms with Crippen LogP contribution in [0.4, 0.5) is 8.78 Å². The standard InChI is InChI=1S/C11H13F2NO3S/c12-8-3-4-10(13)11(6-8)18(16,17)14-5-1-2-9(15)7-14/h3-4,6,9,15H,1-2,5,7H2. The van der Waals surface area contributed by atoms with Crippen molar-refractivity contribution < 1.29 is 22.3 Å². The average molecular weight is 277 g/mol. The fourth-order valence-corrected chi connectivity index (χ4v) is 3.55. The Morgan fingerprint density at radius 1 is 1.33 bits per heavy atom. The van der Waals surface area contributed by atoms with Gasteiger partial charge >= 0.3 is 0 Å². The molecule has 1 heterocycles. The number of rotatable bonds is 2. The number of sulfonamides is 1. The van der Waals surface area contributed by atoms with E-state index in [1.807, 2.05) is 0 Å². The fourth-order valence-electron chi connectivity index (χ4n) is 1.95. The van der Waals surface area contributed by atoms with Crippen molar-refractivity contribution >= 4 is 10.0 Å². The van der Waals surface area contributed by atoms with Crippen LogP contribution in [0.5, 0.6) is 0 Å². The van der Waals surface area contributed by atoms with Crippen molar-refractivity contribution in [1.82, 2.24) is 4.31 Å². The largest absolute Gasteiger partial charge is 0.392 e. The Bertz CT molecular complexity index is 547. The summed E-state index contributed by atoms with van der Waals surface area (Å²) in [4.78, 5) is -0.684. The lowest BCUT2D eigenvalue weighted by molar-refractivity contribution is 0.108. The van der Waals surface area contributed by atoms with Crippen LogP contribution in [0.25, 0.3) is 0 Å². The van der Waals surface area contributed by atoms with Crippen molar-refractivity contribution in [3.05, 3.63) is 29.8 Å². The molecule has 1 N–H and O–H groups in total. The second kappa shape index (κ2) is 4.91. The molecule has 1 aromatic rings. The molecular weight excluding hydrogens is 264 g/mol. The van der Waals surface area contributed by atoms with Crippen LogP contribution in [0.3, 0.4) is 0 Å². The maximum atomic E-state index is 13.5. The van der Waals surface area contributed by atoms with E-state index < -0.39 is 32.7 Å². The van der Waals surface area contributed by atoms with E-state index in [9.17, 15) is 22.3 Å². The van der Waals surface area contributed by atoms with Gasteiger partial charge in [0.1, 0.15) is 16.5 Å². The summed E-state index contributed by atoms with van der Waals surface area (Å²) in [5.41, 5.74) is 0. The number of benzene rings is 1. The summed E-state index contributed by atoms with van der Waals surface area (Å²) in [5.74, 6) is -1.80. The maximum Gasteiger partial charge on any atom is 0.246 e. The Hall–Kier alpha value is -1.05. The third kappa shape index (κ3) is 2.52. The highest BCUT2D eigenvalue weighted by molar-refractivity contribution is 7.89. The number of nitrogens with zero attached hydrogens (tertiary/aromatic N) is 1. The normalized spacial score (nSPS) is 22.1. The second-order valence-corrected chi connectivity index (χ2v) is 6.14. The van der Waals surface area contributed by atoms with E-state index >= 15 is 0 Å². The van der Waals surface area contributed by atoms with Gasteiger partial charge in [0, 0.05) is 13.1 Å². The minimum absolute atomic E-state index is 0.0850.